The lowest BCUT2D eigenvalue weighted by atomic mass is 10.4. The van der Waals surface area contributed by atoms with Gasteiger partial charge in [-0.15, -0.1) is 0 Å². The zero-order valence-corrected chi connectivity index (χ0v) is 12.0. The molecule has 1 fully saturated rings. The van der Waals surface area contributed by atoms with Crippen molar-refractivity contribution in [3.63, 3.8) is 0 Å². The molecule has 0 amide bonds. The van der Waals surface area contributed by atoms with Crippen molar-refractivity contribution in [1.29, 1.82) is 0 Å². The molecule has 0 aromatic rings. The maximum atomic E-state index is 11.3. The fourth-order valence-electron chi connectivity index (χ4n) is 1.41. The first-order valence-corrected chi connectivity index (χ1v) is 6.91. The van der Waals surface area contributed by atoms with Crippen LogP contribution >= 0.6 is 0 Å². The van der Waals surface area contributed by atoms with Gasteiger partial charge in [-0.2, -0.15) is 0 Å². The summed E-state index contributed by atoms with van der Waals surface area (Å²) in [6.45, 7) is 3.37. The molecule has 0 atom stereocenters. The summed E-state index contributed by atoms with van der Waals surface area (Å²) in [7, 11) is 0. The minimum Gasteiger partial charge on any atom is -0.463 e. The molecule has 8 nitrogen and oxygen atoms in total. The summed E-state index contributed by atoms with van der Waals surface area (Å²) in [5, 5.41) is 0. The molecule has 1 saturated heterocycles. The molecule has 0 radical (unpaired) electrons. The van der Waals surface area contributed by atoms with Gasteiger partial charge in [0.15, 0.2) is 0 Å². The van der Waals surface area contributed by atoms with Crippen LogP contribution in [0.1, 0.15) is 6.42 Å². The van der Waals surface area contributed by atoms with Gasteiger partial charge in [-0.1, -0.05) is 0 Å². The molecule has 0 N–H and O–H groups in total. The molecule has 0 saturated carbocycles. The summed E-state index contributed by atoms with van der Waals surface area (Å²) in [6.07, 6.45) is -0.410. The first-order chi connectivity index (χ1) is 10.3. The Hall–Kier alpha value is -1.22. The Kier molecular flexibility index (Phi) is 10.6. The van der Waals surface area contributed by atoms with Crippen LogP contribution in [0.25, 0.3) is 0 Å². The van der Waals surface area contributed by atoms with Crippen molar-refractivity contribution < 1.29 is 38.0 Å². The van der Waals surface area contributed by atoms with Crippen LogP contribution in [0.3, 0.4) is 0 Å². The minimum atomic E-state index is -0.632. The van der Waals surface area contributed by atoms with Gasteiger partial charge in [-0.3, -0.25) is 9.59 Å². The normalized spacial score (nSPS) is 22.3. The minimum absolute atomic E-state index is 0.0956. The zero-order valence-electron chi connectivity index (χ0n) is 12.0. The number of carbonyl (C=O) groups is 2. The molecular formula is C13H22O8. The molecule has 1 heterocycles. The molecule has 0 bridgehead atoms. The van der Waals surface area contributed by atoms with Crippen molar-refractivity contribution in [2.45, 2.75) is 6.42 Å². The third-order valence-electron chi connectivity index (χ3n) is 2.39. The van der Waals surface area contributed by atoms with Gasteiger partial charge in [-0.05, 0) is 0 Å². The zero-order chi connectivity index (χ0) is 15.2. The third kappa shape index (κ3) is 11.1. The number of ether oxygens (including phenoxy) is 6. The van der Waals surface area contributed by atoms with Gasteiger partial charge < -0.3 is 28.4 Å². The summed E-state index contributed by atoms with van der Waals surface area (Å²) in [5.74, 6) is -1.26. The maximum Gasteiger partial charge on any atom is 0.317 e. The molecule has 122 valence electrons. The predicted octanol–water partition coefficient (Wildman–Crippen LogP) is -0.457. The van der Waals surface area contributed by atoms with E-state index >= 15 is 0 Å². The molecule has 0 aromatic carbocycles. The summed E-state index contributed by atoms with van der Waals surface area (Å²) in [4.78, 5) is 22.6. The molecule has 21 heavy (non-hydrogen) atoms. The van der Waals surface area contributed by atoms with Gasteiger partial charge in [0.25, 0.3) is 0 Å². The monoisotopic (exact) mass is 306 g/mol. The van der Waals surface area contributed by atoms with Crippen molar-refractivity contribution in [2.24, 2.45) is 0 Å². The number of carbonyl (C=O) groups excluding carboxylic acids is 2. The molecule has 0 aliphatic carbocycles. The van der Waals surface area contributed by atoms with Crippen LogP contribution in [0.4, 0.5) is 0 Å². The third-order valence-corrected chi connectivity index (χ3v) is 2.39. The molecular weight excluding hydrogens is 284 g/mol. The molecule has 0 unspecified atom stereocenters. The Morgan fingerprint density at radius 3 is 1.10 bits per heavy atom. The molecule has 1 aliphatic heterocycles. The summed E-state index contributed by atoms with van der Waals surface area (Å²) in [6, 6.07) is 0. The predicted molar refractivity (Wildman–Crippen MR) is 69.8 cm³/mol. The van der Waals surface area contributed by atoms with Crippen molar-refractivity contribution in [3.8, 4) is 0 Å². The Bertz CT molecular complexity index is 266. The first kappa shape index (κ1) is 17.8. The van der Waals surface area contributed by atoms with E-state index < -0.39 is 18.4 Å². The Labute approximate surface area is 123 Å². The van der Waals surface area contributed by atoms with Crippen molar-refractivity contribution >= 4 is 11.9 Å². The second-order valence-electron chi connectivity index (χ2n) is 4.07. The van der Waals surface area contributed by atoms with Crippen LogP contribution in [0.5, 0.6) is 0 Å². The van der Waals surface area contributed by atoms with Gasteiger partial charge in [0, 0.05) is 0 Å². The van der Waals surface area contributed by atoms with Crippen LogP contribution in [0.2, 0.25) is 0 Å². The van der Waals surface area contributed by atoms with Crippen molar-refractivity contribution in [3.05, 3.63) is 0 Å². The Morgan fingerprint density at radius 1 is 0.476 bits per heavy atom. The van der Waals surface area contributed by atoms with E-state index in [0.29, 0.717) is 39.6 Å². The van der Waals surface area contributed by atoms with E-state index in [1.54, 1.807) is 0 Å². The average molecular weight is 306 g/mol. The fraction of sp³-hybridized carbons (Fsp3) is 0.846. The number of hydrogen-bond acceptors (Lipinski definition) is 8. The Morgan fingerprint density at radius 2 is 0.762 bits per heavy atom. The summed E-state index contributed by atoms with van der Waals surface area (Å²) >= 11 is 0. The van der Waals surface area contributed by atoms with Crippen LogP contribution in [-0.2, 0) is 38.0 Å². The molecule has 8 heteroatoms. The lowest BCUT2D eigenvalue weighted by Crippen LogP contribution is -2.18. The summed E-state index contributed by atoms with van der Waals surface area (Å²) < 4.78 is 30.6. The highest BCUT2D eigenvalue weighted by atomic mass is 16.6. The SMILES string of the molecule is O=C1CC(=O)OCCOCCOCCOCCOCCO1. The highest BCUT2D eigenvalue weighted by Crippen LogP contribution is 1.92. The average Bonchev–Trinajstić information content (AvgIpc) is 2.46. The fourth-order valence-corrected chi connectivity index (χ4v) is 1.41. The summed E-state index contributed by atoms with van der Waals surface area (Å²) in [5.41, 5.74) is 0. The largest absolute Gasteiger partial charge is 0.463 e. The molecule has 0 spiro atoms. The van der Waals surface area contributed by atoms with Gasteiger partial charge in [0.1, 0.15) is 19.6 Å². The van der Waals surface area contributed by atoms with Gasteiger partial charge in [0.05, 0.1) is 52.9 Å². The van der Waals surface area contributed by atoms with Crippen LogP contribution < -0.4 is 0 Å². The molecule has 1 aliphatic rings. The van der Waals surface area contributed by atoms with Crippen molar-refractivity contribution in [2.75, 3.05) is 66.1 Å². The van der Waals surface area contributed by atoms with Gasteiger partial charge >= 0.3 is 11.9 Å². The van der Waals surface area contributed by atoms with E-state index in [1.165, 1.54) is 0 Å². The quantitative estimate of drug-likeness (QED) is 0.439. The number of rotatable bonds is 0. The van der Waals surface area contributed by atoms with Crippen LogP contribution in [-0.4, -0.2) is 78.0 Å². The Balaban J connectivity index is 2.21. The van der Waals surface area contributed by atoms with E-state index in [2.05, 4.69) is 0 Å². The maximum absolute atomic E-state index is 11.3. The number of cyclic esters (lactones) is 2. The van der Waals surface area contributed by atoms with Crippen molar-refractivity contribution in [1.82, 2.24) is 0 Å². The standard InChI is InChI=1S/C13H22O8/c14-12-11-13(15)21-10-8-19-6-4-17-2-1-16-3-5-18-7-9-20-12/h1-11H2. The van der Waals surface area contributed by atoms with E-state index in [4.69, 9.17) is 28.4 Å². The number of esters is 2. The van der Waals surface area contributed by atoms with E-state index in [1.807, 2.05) is 0 Å². The highest BCUT2D eigenvalue weighted by Gasteiger charge is 2.11. The van der Waals surface area contributed by atoms with Crippen LogP contribution in [0, 0.1) is 0 Å². The first-order valence-electron chi connectivity index (χ1n) is 6.91. The van der Waals surface area contributed by atoms with E-state index in [9.17, 15) is 9.59 Å². The van der Waals surface area contributed by atoms with E-state index in [0.717, 1.165) is 0 Å². The molecule has 0 aromatic heterocycles. The van der Waals surface area contributed by atoms with Crippen LogP contribution in [0.15, 0.2) is 0 Å². The topological polar surface area (TPSA) is 89.5 Å². The highest BCUT2D eigenvalue weighted by molar-refractivity contribution is 5.91. The van der Waals surface area contributed by atoms with Gasteiger partial charge in [-0.25, -0.2) is 0 Å². The van der Waals surface area contributed by atoms with Gasteiger partial charge in [0.2, 0.25) is 0 Å². The number of hydrogen-bond donors (Lipinski definition) is 0. The van der Waals surface area contributed by atoms with E-state index in [-0.39, 0.29) is 26.4 Å². The smallest absolute Gasteiger partial charge is 0.317 e. The second-order valence-corrected chi connectivity index (χ2v) is 4.07. The lowest BCUT2D eigenvalue weighted by Gasteiger charge is -2.07. The lowest BCUT2D eigenvalue weighted by molar-refractivity contribution is -0.156. The second kappa shape index (κ2) is 12.5. The molecule has 1 rings (SSSR count).